The Labute approximate surface area is 344 Å². The lowest BCUT2D eigenvalue weighted by molar-refractivity contribution is -0.553. The summed E-state index contributed by atoms with van der Waals surface area (Å²) in [5, 5.41) is 13.9. The van der Waals surface area contributed by atoms with Gasteiger partial charge in [0.1, 0.15) is 0 Å². The van der Waals surface area contributed by atoms with E-state index in [0.717, 1.165) is 22.1 Å². The lowest BCUT2D eigenvalue weighted by atomic mass is 10.1. The maximum atomic E-state index is 12.9. The van der Waals surface area contributed by atoms with E-state index >= 15 is 0 Å². The SMILES string of the molecule is C=C=C=C([n+]1c(C=C(C=C2Oc3cc4c(cc3N2CS(=O)(=O)O)c2cc(S(=O)(=O)O)ccc2n4C)CC)oc2cc3c(cc21)c1cc(SOOO)ccc1n3C)S(=O)(=O)O. The third kappa shape index (κ3) is 7.19. The monoisotopic (exact) mass is 895 g/mol. The van der Waals surface area contributed by atoms with E-state index in [4.69, 9.17) is 14.4 Å². The summed E-state index contributed by atoms with van der Waals surface area (Å²) in [7, 11) is -10.7. The Morgan fingerprint density at radius 1 is 0.883 bits per heavy atom. The van der Waals surface area contributed by atoms with Crippen molar-refractivity contribution in [2.45, 2.75) is 23.1 Å². The van der Waals surface area contributed by atoms with Gasteiger partial charge in [0.25, 0.3) is 25.8 Å². The van der Waals surface area contributed by atoms with Crippen LogP contribution in [-0.4, -0.2) is 59.2 Å². The lowest BCUT2D eigenvalue weighted by Gasteiger charge is -2.16. The minimum atomic E-state index is -5.02. The Morgan fingerprint density at radius 2 is 1.53 bits per heavy atom. The van der Waals surface area contributed by atoms with Gasteiger partial charge in [-0.1, -0.05) is 22.3 Å². The van der Waals surface area contributed by atoms with Gasteiger partial charge in [-0.2, -0.15) is 25.3 Å². The van der Waals surface area contributed by atoms with Crippen LogP contribution in [0, 0.1) is 0 Å². The summed E-state index contributed by atoms with van der Waals surface area (Å²) < 4.78 is 127. The number of hydrogen-bond acceptors (Lipinski definition) is 13. The van der Waals surface area contributed by atoms with Gasteiger partial charge in [-0.25, -0.2) is 5.26 Å². The summed E-state index contributed by atoms with van der Waals surface area (Å²) in [4.78, 5) is 1.41. The first-order valence-corrected chi connectivity index (χ1v) is 22.6. The van der Waals surface area contributed by atoms with Crippen molar-refractivity contribution in [1.82, 2.24) is 9.13 Å². The molecular formula is C38H31N4O14S4+. The van der Waals surface area contributed by atoms with Gasteiger partial charge in [-0.3, -0.25) is 18.6 Å². The molecular weight excluding hydrogens is 865 g/mol. The van der Waals surface area contributed by atoms with E-state index in [1.807, 2.05) is 17.7 Å². The van der Waals surface area contributed by atoms with Crippen LogP contribution in [0.1, 0.15) is 19.2 Å². The van der Waals surface area contributed by atoms with Crippen LogP contribution < -0.4 is 14.2 Å². The molecule has 0 saturated carbocycles. The van der Waals surface area contributed by atoms with E-state index in [2.05, 4.69) is 27.4 Å². The molecule has 0 bridgehead atoms. The Bertz CT molecular complexity index is 3520. The fourth-order valence-electron chi connectivity index (χ4n) is 7.37. The van der Waals surface area contributed by atoms with Crippen LogP contribution in [0.3, 0.4) is 0 Å². The highest BCUT2D eigenvalue weighted by Crippen LogP contribution is 2.45. The molecule has 0 spiro atoms. The summed E-state index contributed by atoms with van der Waals surface area (Å²) in [5.41, 5.74) is 8.24. The smallest absolute Gasteiger partial charge is 0.385 e. The van der Waals surface area contributed by atoms with Crippen molar-refractivity contribution in [3.8, 4) is 5.75 Å². The van der Waals surface area contributed by atoms with Crippen LogP contribution in [0.5, 0.6) is 5.75 Å². The number of allylic oxidation sites excluding steroid dienone is 2. The van der Waals surface area contributed by atoms with Crippen molar-refractivity contribution in [3.63, 3.8) is 0 Å². The highest BCUT2D eigenvalue weighted by molar-refractivity contribution is 7.94. The maximum Gasteiger partial charge on any atom is 0.385 e. The minimum Gasteiger partial charge on any atom is -0.439 e. The Morgan fingerprint density at radius 3 is 2.17 bits per heavy atom. The molecule has 22 heteroatoms. The molecule has 60 heavy (non-hydrogen) atoms. The van der Waals surface area contributed by atoms with Gasteiger partial charge in [0.2, 0.25) is 11.5 Å². The van der Waals surface area contributed by atoms with Crippen LogP contribution >= 0.6 is 12.0 Å². The summed E-state index contributed by atoms with van der Waals surface area (Å²) in [5.74, 6) is -0.951. The van der Waals surface area contributed by atoms with E-state index < -0.39 is 41.3 Å². The first kappa shape index (κ1) is 41.0. The second-order valence-corrected chi connectivity index (χ2v) is 18.5. The molecule has 0 saturated heterocycles. The topological polar surface area (TPSA) is 241 Å². The second kappa shape index (κ2) is 14.8. The number of rotatable bonds is 11. The largest absolute Gasteiger partial charge is 0.439 e. The first-order chi connectivity index (χ1) is 28.3. The lowest BCUT2D eigenvalue weighted by Crippen LogP contribution is -2.37. The van der Waals surface area contributed by atoms with Crippen LogP contribution in [-0.2, 0) is 53.8 Å². The molecule has 310 valence electrons. The summed E-state index contributed by atoms with van der Waals surface area (Å²) in [6.07, 6.45) is 3.13. The molecule has 1 aliphatic rings. The van der Waals surface area contributed by atoms with Gasteiger partial charge in [0.05, 0.1) is 39.7 Å². The normalized spacial score (nSPS) is 14.5. The molecule has 4 heterocycles. The number of benzene rings is 4. The van der Waals surface area contributed by atoms with Crippen molar-refractivity contribution in [2.24, 2.45) is 14.1 Å². The van der Waals surface area contributed by atoms with Crippen LogP contribution in [0.15, 0.2) is 110 Å². The van der Waals surface area contributed by atoms with Gasteiger partial charge in [0, 0.05) is 81.6 Å². The number of oxazole rings is 1. The molecule has 0 unspecified atom stereocenters. The molecule has 7 aromatic rings. The Balaban J connectivity index is 1.32. The number of aromatic nitrogens is 3. The van der Waals surface area contributed by atoms with Gasteiger partial charge in [0.15, 0.2) is 11.6 Å². The fourth-order valence-corrected chi connectivity index (χ4v) is 9.49. The average molecular weight is 896 g/mol. The van der Waals surface area contributed by atoms with Gasteiger partial charge >= 0.3 is 21.0 Å². The summed E-state index contributed by atoms with van der Waals surface area (Å²) >= 11 is 0.753. The first-order valence-electron chi connectivity index (χ1n) is 17.4. The quantitative estimate of drug-likeness (QED) is 0.0264. The number of ether oxygens (including phenoxy) is 1. The van der Waals surface area contributed by atoms with Gasteiger partial charge in [-0.05, 0) is 61.0 Å². The van der Waals surface area contributed by atoms with Crippen molar-refractivity contribution in [1.29, 1.82) is 0 Å². The zero-order valence-electron chi connectivity index (χ0n) is 31.3. The van der Waals surface area contributed by atoms with E-state index in [-0.39, 0.29) is 45.6 Å². The molecule has 1 aliphatic heterocycles. The van der Waals surface area contributed by atoms with E-state index in [1.54, 1.807) is 54.9 Å². The molecule has 4 aromatic carbocycles. The van der Waals surface area contributed by atoms with Crippen molar-refractivity contribution in [3.05, 3.63) is 102 Å². The molecule has 0 atom stereocenters. The van der Waals surface area contributed by atoms with Gasteiger partial charge in [-0.15, -0.1) is 4.33 Å². The summed E-state index contributed by atoms with van der Waals surface area (Å²) in [6, 6.07) is 15.9. The standard InChI is InChI=1S/C38H30N4O14S4/c1-5-7-38(60(50,51)52)42-33-17-27-24-14-22(57-56-55-43)8-10-28(24)39(3)31(27)19-35(33)54-37(42)13-21(6-2)12-36-41(20-58(44,45)46)32-16-26-25-15-23(59(47,48)49)9-11-29(25)40(4)30(26)18-34(32)53-36/h8-19H,1,6,20H2,2-4H3,(H3-,43,44,45,46,47,48,49,50,51,52)/p+1. The highest BCUT2D eigenvalue weighted by atomic mass is 32.2. The highest BCUT2D eigenvalue weighted by Gasteiger charge is 2.36. The van der Waals surface area contributed by atoms with E-state index in [9.17, 15) is 38.9 Å². The van der Waals surface area contributed by atoms with Crippen molar-refractivity contribution in [2.75, 3.05) is 10.8 Å². The third-order valence-corrected chi connectivity index (χ3v) is 12.8. The molecule has 0 fully saturated rings. The molecule has 4 N–H and O–H groups in total. The van der Waals surface area contributed by atoms with Crippen LogP contribution in [0.2, 0.25) is 0 Å². The Kier molecular flexibility index (Phi) is 10.1. The third-order valence-electron chi connectivity index (χ3n) is 9.98. The number of anilines is 1. The summed E-state index contributed by atoms with van der Waals surface area (Å²) in [6.45, 7) is 5.19. The maximum absolute atomic E-state index is 12.9. The number of hydrogen-bond donors (Lipinski definition) is 4. The predicted molar refractivity (Wildman–Crippen MR) is 221 cm³/mol. The van der Waals surface area contributed by atoms with Gasteiger partial charge < -0.3 is 18.3 Å². The molecule has 3 aromatic heterocycles. The number of aryl methyl sites for hydroxylation is 2. The van der Waals surface area contributed by atoms with Crippen molar-refractivity contribution >= 4 is 114 Å². The van der Waals surface area contributed by atoms with Crippen LogP contribution in [0.4, 0.5) is 5.69 Å². The second-order valence-electron chi connectivity index (χ2n) is 13.5. The Hall–Kier alpha value is -5.71. The molecule has 0 aliphatic carbocycles. The minimum absolute atomic E-state index is 0.0605. The molecule has 0 radical (unpaired) electrons. The number of nitrogens with zero attached hydrogens (tertiary/aromatic N) is 4. The number of fused-ring (bicyclic) bond motifs is 8. The van der Waals surface area contributed by atoms with Crippen LogP contribution in [0.25, 0.3) is 65.8 Å². The predicted octanol–water partition coefficient (Wildman–Crippen LogP) is 6.69. The molecule has 18 nitrogen and oxygen atoms in total. The zero-order valence-corrected chi connectivity index (χ0v) is 34.6. The average Bonchev–Trinajstić information content (AvgIpc) is 3.86. The molecule has 8 rings (SSSR count). The van der Waals surface area contributed by atoms with E-state index in [1.165, 1.54) is 35.3 Å². The fraction of sp³-hybridized carbons (Fsp3) is 0.132. The van der Waals surface area contributed by atoms with E-state index in [0.29, 0.717) is 48.6 Å². The zero-order chi connectivity index (χ0) is 43.1. The molecule has 0 amide bonds. The van der Waals surface area contributed by atoms with Crippen molar-refractivity contribution < 1.29 is 67.3 Å².